The molecule has 7 nitrogen and oxygen atoms in total. The summed E-state index contributed by atoms with van der Waals surface area (Å²) in [6.07, 6.45) is 3.77. The molecule has 4 rings (SSSR count). The molecule has 0 atom stereocenters. The fourth-order valence-electron chi connectivity index (χ4n) is 3.53. The first-order chi connectivity index (χ1) is 12.8. The molecule has 1 saturated heterocycles. The Hall–Kier alpha value is -2.70. The molecular weight excluding hydrogens is 338 g/mol. The number of aryl methyl sites for hydroxylation is 2. The first-order valence-electron chi connectivity index (χ1n) is 9.48. The molecule has 7 heteroatoms. The van der Waals surface area contributed by atoms with Gasteiger partial charge in [0.1, 0.15) is 17.2 Å². The van der Waals surface area contributed by atoms with Crippen molar-refractivity contribution in [2.24, 2.45) is 0 Å². The highest BCUT2D eigenvalue weighted by Gasteiger charge is 2.24. The molecule has 1 aliphatic rings. The predicted octanol–water partition coefficient (Wildman–Crippen LogP) is 2.76. The van der Waals surface area contributed by atoms with Gasteiger partial charge in [-0.15, -0.1) is 0 Å². The molecule has 1 aliphatic heterocycles. The van der Waals surface area contributed by atoms with E-state index in [0.29, 0.717) is 0 Å². The zero-order chi connectivity index (χ0) is 19.2. The maximum atomic E-state index is 4.74. The number of fused-ring (bicyclic) bond motifs is 1. The van der Waals surface area contributed by atoms with Crippen LogP contribution in [0.2, 0.25) is 0 Å². The molecule has 0 amide bonds. The van der Waals surface area contributed by atoms with Crippen LogP contribution in [0.3, 0.4) is 0 Å². The standard InChI is InChI=1S/C20H27N7/c1-14-12-18(23-15(2)22-14)25-8-10-26(11-9-25)19-16-13-17(20(3,4)5)24-27(16)7-6-21-19/h6-7,12-13H,8-11H2,1-5H3. The Morgan fingerprint density at radius 2 is 1.63 bits per heavy atom. The van der Waals surface area contributed by atoms with E-state index in [4.69, 9.17) is 5.10 Å². The summed E-state index contributed by atoms with van der Waals surface area (Å²) < 4.78 is 1.95. The van der Waals surface area contributed by atoms with Gasteiger partial charge in [-0.25, -0.2) is 19.5 Å². The molecule has 27 heavy (non-hydrogen) atoms. The summed E-state index contributed by atoms with van der Waals surface area (Å²) in [6, 6.07) is 4.24. The van der Waals surface area contributed by atoms with Crippen LogP contribution in [-0.2, 0) is 5.41 Å². The highest BCUT2D eigenvalue weighted by atomic mass is 15.3. The maximum Gasteiger partial charge on any atom is 0.154 e. The Labute approximate surface area is 160 Å². The molecule has 3 aromatic rings. The van der Waals surface area contributed by atoms with E-state index in [1.165, 1.54) is 0 Å². The lowest BCUT2D eigenvalue weighted by Crippen LogP contribution is -2.47. The van der Waals surface area contributed by atoms with E-state index in [-0.39, 0.29) is 5.41 Å². The molecule has 4 heterocycles. The van der Waals surface area contributed by atoms with Crippen molar-refractivity contribution in [3.63, 3.8) is 0 Å². The second kappa shape index (κ2) is 6.48. The lowest BCUT2D eigenvalue weighted by Gasteiger charge is -2.36. The van der Waals surface area contributed by atoms with Gasteiger partial charge < -0.3 is 9.80 Å². The van der Waals surface area contributed by atoms with Crippen molar-refractivity contribution in [3.8, 4) is 0 Å². The number of piperazine rings is 1. The van der Waals surface area contributed by atoms with Crippen LogP contribution in [-0.4, -0.2) is 50.7 Å². The molecule has 1 fully saturated rings. The third-order valence-electron chi connectivity index (χ3n) is 4.99. The van der Waals surface area contributed by atoms with Crippen LogP contribution in [0.25, 0.3) is 5.52 Å². The minimum Gasteiger partial charge on any atom is -0.353 e. The summed E-state index contributed by atoms with van der Waals surface area (Å²) in [5.41, 5.74) is 3.19. The zero-order valence-corrected chi connectivity index (χ0v) is 16.8. The second-order valence-electron chi connectivity index (χ2n) is 8.25. The van der Waals surface area contributed by atoms with E-state index in [2.05, 4.69) is 57.7 Å². The number of anilines is 2. The van der Waals surface area contributed by atoms with E-state index < -0.39 is 0 Å². The molecule has 0 radical (unpaired) electrons. The monoisotopic (exact) mass is 365 g/mol. The summed E-state index contributed by atoms with van der Waals surface area (Å²) in [7, 11) is 0. The van der Waals surface area contributed by atoms with Gasteiger partial charge >= 0.3 is 0 Å². The molecule has 0 aromatic carbocycles. The van der Waals surface area contributed by atoms with Gasteiger partial charge in [0.15, 0.2) is 5.82 Å². The Balaban J connectivity index is 1.57. The van der Waals surface area contributed by atoms with Crippen LogP contribution in [0.1, 0.15) is 38.0 Å². The Morgan fingerprint density at radius 1 is 0.926 bits per heavy atom. The highest BCUT2D eigenvalue weighted by molar-refractivity contribution is 5.70. The normalized spacial score (nSPS) is 15.6. The molecule has 0 spiro atoms. The maximum absolute atomic E-state index is 4.74. The molecule has 0 saturated carbocycles. The van der Waals surface area contributed by atoms with E-state index in [1.54, 1.807) is 0 Å². The third kappa shape index (κ3) is 3.46. The summed E-state index contributed by atoms with van der Waals surface area (Å²) in [5, 5.41) is 4.74. The number of hydrogen-bond acceptors (Lipinski definition) is 6. The van der Waals surface area contributed by atoms with Crippen LogP contribution >= 0.6 is 0 Å². The molecular formula is C20H27N7. The Bertz CT molecular complexity index is 942. The predicted molar refractivity (Wildman–Crippen MR) is 108 cm³/mol. The van der Waals surface area contributed by atoms with Crippen molar-refractivity contribution in [3.05, 3.63) is 41.7 Å². The van der Waals surface area contributed by atoms with Crippen LogP contribution < -0.4 is 9.80 Å². The summed E-state index contributed by atoms with van der Waals surface area (Å²) in [5.74, 6) is 2.85. The van der Waals surface area contributed by atoms with Gasteiger partial charge in [0.05, 0.1) is 5.69 Å². The summed E-state index contributed by atoms with van der Waals surface area (Å²) in [4.78, 5) is 18.3. The number of rotatable bonds is 2. The smallest absolute Gasteiger partial charge is 0.154 e. The fourth-order valence-corrected chi connectivity index (χ4v) is 3.53. The SMILES string of the molecule is Cc1cc(N2CCN(c3nccn4nc(C(C)(C)C)cc34)CC2)nc(C)n1. The van der Waals surface area contributed by atoms with Crippen molar-refractivity contribution < 1.29 is 0 Å². The average molecular weight is 365 g/mol. The van der Waals surface area contributed by atoms with E-state index in [0.717, 1.165) is 60.5 Å². The quantitative estimate of drug-likeness (QED) is 0.696. The second-order valence-corrected chi connectivity index (χ2v) is 8.25. The zero-order valence-electron chi connectivity index (χ0n) is 16.8. The highest BCUT2D eigenvalue weighted by Crippen LogP contribution is 2.27. The van der Waals surface area contributed by atoms with E-state index in [9.17, 15) is 0 Å². The van der Waals surface area contributed by atoms with E-state index in [1.807, 2.05) is 30.8 Å². The van der Waals surface area contributed by atoms with Crippen molar-refractivity contribution in [1.82, 2.24) is 24.6 Å². The molecule has 0 bridgehead atoms. The van der Waals surface area contributed by atoms with Crippen LogP contribution in [0.15, 0.2) is 24.5 Å². The van der Waals surface area contributed by atoms with Crippen molar-refractivity contribution in [2.45, 2.75) is 40.0 Å². The Morgan fingerprint density at radius 3 is 2.30 bits per heavy atom. The first kappa shape index (κ1) is 17.7. The largest absolute Gasteiger partial charge is 0.353 e. The molecule has 0 N–H and O–H groups in total. The lowest BCUT2D eigenvalue weighted by atomic mass is 9.92. The van der Waals surface area contributed by atoms with Crippen LogP contribution in [0, 0.1) is 13.8 Å². The van der Waals surface area contributed by atoms with Gasteiger partial charge in [-0.1, -0.05) is 20.8 Å². The first-order valence-corrected chi connectivity index (χ1v) is 9.48. The third-order valence-corrected chi connectivity index (χ3v) is 4.99. The van der Waals surface area contributed by atoms with Gasteiger partial charge in [0.25, 0.3) is 0 Å². The molecule has 0 aliphatic carbocycles. The number of nitrogens with zero attached hydrogens (tertiary/aromatic N) is 7. The molecule has 0 unspecified atom stereocenters. The minimum absolute atomic E-state index is 0.0186. The van der Waals surface area contributed by atoms with Crippen molar-refractivity contribution in [2.75, 3.05) is 36.0 Å². The topological polar surface area (TPSA) is 62.5 Å². The van der Waals surface area contributed by atoms with Gasteiger partial charge in [-0.3, -0.25) is 0 Å². The molecule has 3 aromatic heterocycles. The average Bonchev–Trinajstić information content (AvgIpc) is 3.06. The molecule has 142 valence electrons. The van der Waals surface area contributed by atoms with Gasteiger partial charge in [-0.2, -0.15) is 5.10 Å². The van der Waals surface area contributed by atoms with Gasteiger partial charge in [-0.05, 0) is 19.9 Å². The van der Waals surface area contributed by atoms with Crippen molar-refractivity contribution >= 4 is 17.2 Å². The van der Waals surface area contributed by atoms with Crippen molar-refractivity contribution in [1.29, 1.82) is 0 Å². The van der Waals surface area contributed by atoms with Crippen LogP contribution in [0.4, 0.5) is 11.6 Å². The number of aromatic nitrogens is 5. The minimum atomic E-state index is 0.0186. The Kier molecular flexibility index (Phi) is 4.25. The summed E-state index contributed by atoms with van der Waals surface area (Å²) >= 11 is 0. The summed E-state index contributed by atoms with van der Waals surface area (Å²) in [6.45, 7) is 14.2. The number of hydrogen-bond donors (Lipinski definition) is 0. The van der Waals surface area contributed by atoms with Gasteiger partial charge in [0.2, 0.25) is 0 Å². The van der Waals surface area contributed by atoms with Gasteiger partial charge in [0, 0.05) is 55.7 Å². The van der Waals surface area contributed by atoms with Crippen LogP contribution in [0.5, 0.6) is 0 Å². The lowest BCUT2D eigenvalue weighted by molar-refractivity contribution is 0.562. The van der Waals surface area contributed by atoms with E-state index >= 15 is 0 Å². The fraction of sp³-hybridized carbons (Fsp3) is 0.500.